The van der Waals surface area contributed by atoms with Crippen molar-refractivity contribution in [3.05, 3.63) is 127 Å². The van der Waals surface area contributed by atoms with Crippen LogP contribution < -0.4 is 10.4 Å². The third-order valence-corrected chi connectivity index (χ3v) is 38.7. The summed E-state index contributed by atoms with van der Waals surface area (Å²) in [5, 5.41) is 87.0. The van der Waals surface area contributed by atoms with Crippen LogP contribution in [0, 0.1) is 0 Å². The fourth-order valence-electron chi connectivity index (χ4n) is 29.4. The Kier molecular flexibility index (Phi) is 4.11. The average Bonchev–Trinajstić information content (AvgIpc) is 1.38. The van der Waals surface area contributed by atoms with E-state index < -0.39 is 0 Å². The zero-order valence-corrected chi connectivity index (χ0v) is 51.0. The van der Waals surface area contributed by atoms with Crippen LogP contribution in [0.15, 0.2) is 72.4 Å². The Morgan fingerprint density at radius 3 is 1.03 bits per heavy atom. The third-order valence-electron chi connectivity index (χ3n) is 30.2. The molecule has 0 aromatic heterocycles. The molecule has 0 saturated heterocycles. The monoisotopic (exact) mass is 1220 g/mol. The van der Waals surface area contributed by atoms with Crippen LogP contribution >= 0.6 is 70.6 Å². The molecule has 27 aromatic carbocycles. The molecule has 6 heteroatoms. The number of hydrogen-bond acceptors (Lipinski definition) is 6. The maximum absolute atomic E-state index is 2.50. The largest absolute Gasteiger partial charge is 0.116 e. The van der Waals surface area contributed by atoms with E-state index in [0.29, 0.717) is 0 Å². The van der Waals surface area contributed by atoms with Gasteiger partial charge in [-0.05, 0) is 338 Å². The van der Waals surface area contributed by atoms with E-state index in [-0.39, 0.29) is 22.7 Å². The molecule has 0 nitrogen and oxygen atoms in total. The molecule has 90 heavy (non-hydrogen) atoms. The summed E-state index contributed by atoms with van der Waals surface area (Å²) in [5.41, 5.74) is 17.8. The predicted molar refractivity (Wildman–Crippen MR) is 394 cm³/mol. The molecule has 4 unspecified atom stereocenters. The van der Waals surface area contributed by atoms with Crippen molar-refractivity contribution in [2.75, 3.05) is 11.5 Å². The number of thioether (sulfide) groups is 6. The first kappa shape index (κ1) is 38.2. The van der Waals surface area contributed by atoms with Gasteiger partial charge in [-0.2, -0.15) is 0 Å². The van der Waals surface area contributed by atoms with Gasteiger partial charge in [0.1, 0.15) is 0 Å². The van der Waals surface area contributed by atoms with E-state index in [1.807, 2.05) is 39.0 Å². The van der Waals surface area contributed by atoms with Crippen molar-refractivity contribution in [3.63, 3.8) is 0 Å². The van der Waals surface area contributed by atoms with Gasteiger partial charge in [-0.1, -0.05) is 95.6 Å². The highest BCUT2D eigenvalue weighted by Gasteiger charge is 2.76. The van der Waals surface area contributed by atoms with Crippen molar-refractivity contribution >= 4 is 354 Å². The quantitative estimate of drug-likeness (QED) is 0.109. The first-order valence-electron chi connectivity index (χ1n) is 32.9. The molecule has 0 saturated carbocycles. The second kappa shape index (κ2) is 9.69. The van der Waals surface area contributed by atoms with Crippen LogP contribution in [0.25, 0.3) is 283 Å². The highest BCUT2D eigenvalue weighted by molar-refractivity contribution is 8.46. The smallest absolute Gasteiger partial charge is 0.0660 e. The number of hydrogen-bond donors (Lipinski definition) is 0. The summed E-state index contributed by atoms with van der Waals surface area (Å²) in [5.74, 6) is 2.98. The van der Waals surface area contributed by atoms with Gasteiger partial charge < -0.3 is 0 Å². The van der Waals surface area contributed by atoms with E-state index in [9.17, 15) is 0 Å². The van der Waals surface area contributed by atoms with Crippen molar-refractivity contribution in [2.24, 2.45) is 0 Å². The molecule has 0 radical (unpaired) electrons. The van der Waals surface area contributed by atoms with E-state index in [4.69, 9.17) is 0 Å². The van der Waals surface area contributed by atoms with E-state index in [1.54, 1.807) is 274 Å². The maximum atomic E-state index is 2.50. The molecule has 3 heterocycles. The van der Waals surface area contributed by atoms with E-state index in [1.165, 1.54) is 60.4 Å². The Bertz CT molecular complexity index is 8910. The van der Waals surface area contributed by atoms with Crippen LogP contribution in [0.2, 0.25) is 0 Å². The molecule has 0 bridgehead atoms. The first-order valence-corrected chi connectivity index (χ1v) is 38.2. The second-order valence-electron chi connectivity index (χ2n) is 31.2. The van der Waals surface area contributed by atoms with Gasteiger partial charge in [-0.3, -0.25) is 0 Å². The zero-order valence-electron chi connectivity index (χ0n) is 46.1. The average molecular weight is 1220 g/mol. The fourth-order valence-corrected chi connectivity index (χ4v) is 38.6. The van der Waals surface area contributed by atoms with Gasteiger partial charge in [0.15, 0.2) is 0 Å². The Balaban J connectivity index is 0.812. The number of benzene rings is 18. The van der Waals surface area contributed by atoms with E-state index in [2.05, 4.69) is 119 Å². The highest BCUT2D eigenvalue weighted by atomic mass is 32.3. The maximum Gasteiger partial charge on any atom is 0.0660 e. The molecule has 27 aromatic rings. The van der Waals surface area contributed by atoms with Crippen molar-refractivity contribution in [1.29, 1.82) is 0 Å². The van der Waals surface area contributed by atoms with Crippen molar-refractivity contribution in [1.82, 2.24) is 0 Å². The zero-order chi connectivity index (χ0) is 54.1. The van der Waals surface area contributed by atoms with Gasteiger partial charge in [-0.25, -0.2) is 0 Å². The van der Waals surface area contributed by atoms with Crippen LogP contribution in [-0.4, -0.2) is 11.5 Å². The summed E-state index contributed by atoms with van der Waals surface area (Å²) in [7, 11) is 0. The van der Waals surface area contributed by atoms with Crippen molar-refractivity contribution in [3.8, 4) is 0 Å². The Morgan fingerprint density at radius 2 is 0.589 bits per heavy atom. The molecular weight excluding hydrogens is 1200 g/mol. The standard InChI is InChI=1S/C84H18S6/c1-3-7-15-13(5-1)19(14-6-2-4-8-16(14)20(15)80-89-81-82(90-80)86-10-9-85-81)79-87-17-11-83-75-67-59-49-39-31-23-21-22-25-29-27(23)35-43-37(29)47-41-33(25)34-26(22)30-28-24(21)32(31)40-46-36(28)44-38(30)48-42(34)52-51(41)61-55(47)65-57(43)63(53(59)45(35)39)71(75)73(65)77-69(61)70-62(52)56(48)66-58(44)64-54(46)60(50(40)49)68(67)76(83)72(64)74(66)78(70)84(77,83)12-18(17)88-79/h1-8,63,67H,9-12H2. The first-order chi connectivity index (χ1) is 44.8. The van der Waals surface area contributed by atoms with Crippen molar-refractivity contribution < 1.29 is 0 Å². The van der Waals surface area contributed by atoms with E-state index in [0.717, 1.165) is 12.8 Å². The summed E-state index contributed by atoms with van der Waals surface area (Å²) >= 11 is 12.8. The van der Waals surface area contributed by atoms with Crippen molar-refractivity contribution in [2.45, 2.75) is 35.5 Å². The lowest BCUT2D eigenvalue weighted by atomic mass is 9.43. The molecule has 39 rings (SSSR count). The molecule has 9 aliphatic carbocycles. The minimum atomic E-state index is -0.240. The van der Waals surface area contributed by atoms with Gasteiger partial charge in [0.05, 0.1) is 16.9 Å². The molecule has 390 valence electrons. The molecule has 0 amide bonds. The summed E-state index contributed by atoms with van der Waals surface area (Å²) in [6, 6.07) is 19.3. The fraction of sp³-hybridized carbons (Fsp3) is 0.0952. The van der Waals surface area contributed by atoms with Crippen LogP contribution in [0.3, 0.4) is 0 Å². The lowest BCUT2D eigenvalue weighted by Gasteiger charge is -2.59. The third kappa shape index (κ3) is 2.46. The summed E-state index contributed by atoms with van der Waals surface area (Å²) in [4.78, 5) is 3.40. The van der Waals surface area contributed by atoms with Crippen LogP contribution in [0.5, 0.6) is 0 Å². The second-order valence-corrected chi connectivity index (χ2v) is 38.7. The minimum Gasteiger partial charge on any atom is -0.116 e. The summed E-state index contributed by atoms with van der Waals surface area (Å²) in [6.07, 6.45) is 2.21. The Hall–Kier alpha value is -7.78. The lowest BCUT2D eigenvalue weighted by molar-refractivity contribution is 0.293. The van der Waals surface area contributed by atoms with Gasteiger partial charge >= 0.3 is 0 Å². The molecule has 0 fully saturated rings. The molecule has 12 aliphatic rings. The van der Waals surface area contributed by atoms with Crippen LogP contribution in [0.1, 0.15) is 69.2 Å². The molecule has 4 atom stereocenters. The van der Waals surface area contributed by atoms with Crippen LogP contribution in [0.4, 0.5) is 0 Å². The highest BCUT2D eigenvalue weighted by Crippen LogP contribution is 2.90. The molecule has 2 spiro atoms. The Morgan fingerprint density at radius 1 is 0.267 bits per heavy atom. The number of fused-ring (bicyclic) bond motifs is 2. The van der Waals surface area contributed by atoms with E-state index >= 15 is 0 Å². The Labute approximate surface area is 523 Å². The SMILES string of the molecule is c1ccc2c(=C3SC4=C(SCCS4)S3)c3ccccc3c(=C3SC4=C(CC56c7c8c9c%10c%11c%12c%13c%14c%15c%16c%17c%18c%19c(c%20c%21c5c5c7c7c9c9c%11c%11c%12c%12c(c%16%13)c%13c%17c%16c%18c%20c%17c%21c%18c5c5c7c9c7c%11c9c%12c%13c%11c%16c%17c%12c%18c5c7c9c%12%11)C6(C4)C(=C8C%14%10)C%15%19)S3)c2c1. The summed E-state index contributed by atoms with van der Waals surface area (Å²) < 4.78 is 6.05. The van der Waals surface area contributed by atoms with Gasteiger partial charge in [0, 0.05) is 54.4 Å². The van der Waals surface area contributed by atoms with Gasteiger partial charge in [0.25, 0.3) is 0 Å². The minimum absolute atomic E-state index is 0.216. The summed E-state index contributed by atoms with van der Waals surface area (Å²) in [6.45, 7) is 0. The van der Waals surface area contributed by atoms with Gasteiger partial charge in [-0.15, -0.1) is 23.5 Å². The topological polar surface area (TPSA) is 0 Å². The number of allylic oxidation sites excluding steroid dienone is 4. The molecule has 0 N–H and O–H groups in total. The van der Waals surface area contributed by atoms with Gasteiger partial charge in [0.2, 0.25) is 0 Å². The molecule has 3 aliphatic heterocycles. The van der Waals surface area contributed by atoms with Crippen LogP contribution in [-0.2, 0) is 10.8 Å². The predicted octanol–water partition coefficient (Wildman–Crippen LogP) is 23.1. The lowest BCUT2D eigenvalue weighted by Crippen LogP contribution is -2.55. The normalized spacial score (nSPS) is 25.2. The number of rotatable bonds is 0. The molecular formula is C84H18S6.